The van der Waals surface area contributed by atoms with E-state index in [9.17, 15) is 4.79 Å². The van der Waals surface area contributed by atoms with Gasteiger partial charge in [0, 0.05) is 6.42 Å². The Morgan fingerprint density at radius 1 is 1.00 bits per heavy atom. The molecule has 0 aliphatic heterocycles. The highest BCUT2D eigenvalue weighted by molar-refractivity contribution is 5.66. The second-order valence-electron chi connectivity index (χ2n) is 3.27. The monoisotopic (exact) mass is 174 g/mol. The van der Waals surface area contributed by atoms with Crippen molar-refractivity contribution in [2.24, 2.45) is 0 Å². The summed E-state index contributed by atoms with van der Waals surface area (Å²) in [5.41, 5.74) is 0. The number of carboxylic acid groups (broad SMARTS) is 1. The lowest BCUT2D eigenvalue weighted by Crippen LogP contribution is -1.93. The second-order valence-corrected chi connectivity index (χ2v) is 3.27. The van der Waals surface area contributed by atoms with Crippen LogP contribution in [-0.2, 0) is 4.79 Å². The molecule has 1 N–H and O–H groups in total. The molecule has 0 atom stereocenters. The predicted octanol–water partition coefficient (Wildman–Crippen LogP) is 3.21. The Labute approximate surface area is 75.0 Å². The lowest BCUT2D eigenvalue weighted by Gasteiger charge is -1.98. The van der Waals surface area contributed by atoms with Crippen LogP contribution >= 0.6 is 0 Å². The van der Waals surface area contributed by atoms with Crippen LogP contribution in [0.2, 0.25) is 0 Å². The van der Waals surface area contributed by atoms with Gasteiger partial charge >= 0.3 is 5.97 Å². The first-order chi connectivity index (χ1) is 5.77. The number of unbranched alkanes of at least 4 members (excludes halogenated alkanes) is 6. The highest BCUT2D eigenvalue weighted by Gasteiger charge is 1.95. The molecule has 72 valence electrons. The van der Waals surface area contributed by atoms with Crippen molar-refractivity contribution in [2.45, 2.75) is 58.3 Å². The van der Waals surface area contributed by atoms with E-state index in [-0.39, 0.29) is 0 Å². The quantitative estimate of drug-likeness (QED) is 0.453. The van der Waals surface area contributed by atoms with Gasteiger partial charge in [-0.2, -0.15) is 0 Å². The standard InChI is InChI=1S/C10H20O2/c1-2-3-4-5-6-7-8-9-10(11)12/h2-9H2,1H3,(H,11,12)/i8+1,9+1. The van der Waals surface area contributed by atoms with E-state index in [0.29, 0.717) is 6.42 Å². The third-order valence-corrected chi connectivity index (χ3v) is 1.99. The molecular formula is C10H20O2. The minimum absolute atomic E-state index is 0.341. The summed E-state index contributed by atoms with van der Waals surface area (Å²) in [7, 11) is 0. The summed E-state index contributed by atoms with van der Waals surface area (Å²) in [6, 6.07) is 0. The Morgan fingerprint density at radius 2 is 1.50 bits per heavy atom. The van der Waals surface area contributed by atoms with E-state index in [1.54, 1.807) is 0 Å². The summed E-state index contributed by atoms with van der Waals surface area (Å²) in [5, 5.41) is 8.35. The third kappa shape index (κ3) is 9.47. The Hall–Kier alpha value is -0.530. The third-order valence-electron chi connectivity index (χ3n) is 1.99. The molecule has 0 unspecified atom stereocenters. The van der Waals surface area contributed by atoms with Gasteiger partial charge in [-0.25, -0.2) is 0 Å². The average Bonchev–Trinajstić information content (AvgIpc) is 2.02. The summed E-state index contributed by atoms with van der Waals surface area (Å²) in [6.07, 6.45) is 8.64. The lowest BCUT2D eigenvalue weighted by molar-refractivity contribution is -0.137. The van der Waals surface area contributed by atoms with E-state index in [1.807, 2.05) is 0 Å². The molecule has 0 aliphatic rings. The average molecular weight is 174 g/mol. The smallest absolute Gasteiger partial charge is 0.303 e. The van der Waals surface area contributed by atoms with E-state index in [0.717, 1.165) is 12.8 Å². The van der Waals surface area contributed by atoms with Crippen LogP contribution in [0.4, 0.5) is 0 Å². The Morgan fingerprint density at radius 3 is 2.00 bits per heavy atom. The van der Waals surface area contributed by atoms with Gasteiger partial charge in [0.05, 0.1) is 0 Å². The molecule has 0 amide bonds. The summed E-state index contributed by atoms with van der Waals surface area (Å²) < 4.78 is 0. The maximum Gasteiger partial charge on any atom is 0.303 e. The van der Waals surface area contributed by atoms with Gasteiger partial charge in [0.15, 0.2) is 0 Å². The van der Waals surface area contributed by atoms with Gasteiger partial charge in [0.1, 0.15) is 0 Å². The highest BCUT2D eigenvalue weighted by Crippen LogP contribution is 2.07. The molecule has 0 aromatic rings. The van der Waals surface area contributed by atoms with E-state index >= 15 is 0 Å². The first-order valence-electron chi connectivity index (χ1n) is 4.99. The van der Waals surface area contributed by atoms with Gasteiger partial charge in [0.25, 0.3) is 0 Å². The molecule has 0 saturated carbocycles. The van der Waals surface area contributed by atoms with E-state index in [2.05, 4.69) is 6.92 Å². The van der Waals surface area contributed by atoms with Crippen LogP contribution in [0.15, 0.2) is 0 Å². The molecule has 0 radical (unpaired) electrons. The Balaban J connectivity index is 2.86. The van der Waals surface area contributed by atoms with Crippen LogP contribution in [0.3, 0.4) is 0 Å². The SMILES string of the molecule is CCCCCCC[13CH2][13CH2]C(=O)O. The largest absolute Gasteiger partial charge is 0.481 e. The number of aliphatic carboxylic acids is 1. The molecule has 0 aromatic carbocycles. The molecule has 0 fully saturated rings. The summed E-state index contributed by atoms with van der Waals surface area (Å²) in [6.45, 7) is 2.20. The summed E-state index contributed by atoms with van der Waals surface area (Å²) in [5.74, 6) is -0.663. The number of hydrogen-bond donors (Lipinski definition) is 1. The van der Waals surface area contributed by atoms with E-state index in [1.165, 1.54) is 32.1 Å². The van der Waals surface area contributed by atoms with Gasteiger partial charge in [-0.1, -0.05) is 45.4 Å². The fourth-order valence-corrected chi connectivity index (χ4v) is 1.23. The van der Waals surface area contributed by atoms with E-state index in [4.69, 9.17) is 5.11 Å². The molecule has 0 aromatic heterocycles. The fourth-order valence-electron chi connectivity index (χ4n) is 1.23. The number of hydrogen-bond acceptors (Lipinski definition) is 1. The molecule has 0 aliphatic carbocycles. The van der Waals surface area contributed by atoms with Crippen LogP contribution in [0.1, 0.15) is 58.3 Å². The van der Waals surface area contributed by atoms with Crippen molar-refractivity contribution in [2.75, 3.05) is 0 Å². The van der Waals surface area contributed by atoms with Gasteiger partial charge in [0.2, 0.25) is 0 Å². The zero-order valence-electron chi connectivity index (χ0n) is 8.01. The maximum atomic E-state index is 10.1. The maximum absolute atomic E-state index is 10.1. The van der Waals surface area contributed by atoms with Crippen molar-refractivity contribution >= 4 is 5.97 Å². The molecular weight excluding hydrogens is 154 g/mol. The Kier molecular flexibility index (Phi) is 8.19. The minimum Gasteiger partial charge on any atom is -0.481 e. The predicted molar refractivity (Wildman–Crippen MR) is 50.2 cm³/mol. The fraction of sp³-hybridized carbons (Fsp3) is 0.900. The summed E-state index contributed by atoms with van der Waals surface area (Å²) in [4.78, 5) is 10.1. The van der Waals surface area contributed by atoms with Crippen molar-refractivity contribution in [3.05, 3.63) is 0 Å². The van der Waals surface area contributed by atoms with Crippen molar-refractivity contribution in [3.8, 4) is 0 Å². The minimum atomic E-state index is -0.663. The molecule has 0 rings (SSSR count). The van der Waals surface area contributed by atoms with Gasteiger partial charge in [-0.3, -0.25) is 4.79 Å². The molecule has 2 nitrogen and oxygen atoms in total. The van der Waals surface area contributed by atoms with Crippen LogP contribution in [-0.4, -0.2) is 11.1 Å². The number of carboxylic acids is 1. The van der Waals surface area contributed by atoms with Crippen molar-refractivity contribution < 1.29 is 9.90 Å². The van der Waals surface area contributed by atoms with Crippen molar-refractivity contribution in [1.29, 1.82) is 0 Å². The number of carbonyl (C=O) groups is 1. The van der Waals surface area contributed by atoms with Gasteiger partial charge < -0.3 is 5.11 Å². The molecule has 0 heterocycles. The van der Waals surface area contributed by atoms with Crippen LogP contribution in [0.5, 0.6) is 0 Å². The van der Waals surface area contributed by atoms with Gasteiger partial charge in [-0.05, 0) is 6.42 Å². The second kappa shape index (κ2) is 8.57. The molecule has 0 bridgehead atoms. The van der Waals surface area contributed by atoms with Gasteiger partial charge in [-0.15, -0.1) is 0 Å². The first kappa shape index (κ1) is 11.5. The first-order valence-corrected chi connectivity index (χ1v) is 4.99. The van der Waals surface area contributed by atoms with Crippen LogP contribution in [0.25, 0.3) is 0 Å². The van der Waals surface area contributed by atoms with Crippen molar-refractivity contribution in [3.63, 3.8) is 0 Å². The molecule has 0 saturated heterocycles. The lowest BCUT2D eigenvalue weighted by atomic mass is 10.1. The number of rotatable bonds is 8. The zero-order valence-corrected chi connectivity index (χ0v) is 8.01. The van der Waals surface area contributed by atoms with Crippen LogP contribution in [0, 0.1) is 0 Å². The topological polar surface area (TPSA) is 37.3 Å². The molecule has 0 spiro atoms. The molecule has 2 heteroatoms. The zero-order chi connectivity index (χ0) is 9.23. The van der Waals surface area contributed by atoms with E-state index < -0.39 is 5.97 Å². The highest BCUT2D eigenvalue weighted by atomic mass is 16.4. The van der Waals surface area contributed by atoms with Crippen molar-refractivity contribution in [1.82, 2.24) is 0 Å². The van der Waals surface area contributed by atoms with Crippen LogP contribution < -0.4 is 0 Å². The normalized spacial score (nSPS) is 10.1. The molecule has 12 heavy (non-hydrogen) atoms. The Bertz CT molecular complexity index is 110. The summed E-state index contributed by atoms with van der Waals surface area (Å²) >= 11 is 0.